The molecule has 0 radical (unpaired) electrons. The number of nitrogens with zero attached hydrogens (tertiary/aromatic N) is 1. The Balaban J connectivity index is 2.12. The number of ether oxygens (including phenoxy) is 1. The molecule has 1 aromatic rings. The van der Waals surface area contributed by atoms with E-state index in [4.69, 9.17) is 16.3 Å². The molecule has 1 saturated heterocycles. The second-order valence-corrected chi connectivity index (χ2v) is 5.18. The number of rotatable bonds is 4. The standard InChI is InChI=1S/C13H19ClN2O/c1-13(5-3-7-17-13)12(15-2)8-10-4-6-16-9-11(10)14/h4,6,9,12,15H,3,5,7-8H2,1-2H3. The fourth-order valence-electron chi connectivity index (χ4n) is 2.49. The minimum atomic E-state index is -0.0820. The first-order chi connectivity index (χ1) is 8.15. The summed E-state index contributed by atoms with van der Waals surface area (Å²) in [5, 5.41) is 4.09. The molecule has 4 heteroatoms. The Bertz CT molecular complexity index is 377. The van der Waals surface area contributed by atoms with Crippen LogP contribution in [0, 0.1) is 0 Å². The lowest BCUT2D eigenvalue weighted by Crippen LogP contribution is -2.48. The van der Waals surface area contributed by atoms with E-state index < -0.39 is 0 Å². The van der Waals surface area contributed by atoms with E-state index in [0.717, 1.165) is 36.5 Å². The van der Waals surface area contributed by atoms with E-state index >= 15 is 0 Å². The van der Waals surface area contributed by atoms with Crippen molar-refractivity contribution in [1.29, 1.82) is 0 Å². The number of aromatic nitrogens is 1. The first-order valence-electron chi connectivity index (χ1n) is 6.05. The van der Waals surface area contributed by atoms with Crippen LogP contribution in [-0.2, 0) is 11.2 Å². The van der Waals surface area contributed by atoms with Gasteiger partial charge in [-0.15, -0.1) is 0 Å². The lowest BCUT2D eigenvalue weighted by atomic mass is 9.88. The maximum Gasteiger partial charge on any atom is 0.0810 e. The molecule has 2 rings (SSSR count). The van der Waals surface area contributed by atoms with Gasteiger partial charge in [-0.05, 0) is 44.9 Å². The average molecular weight is 255 g/mol. The summed E-state index contributed by atoms with van der Waals surface area (Å²) in [5.74, 6) is 0. The maximum absolute atomic E-state index is 6.15. The molecule has 2 atom stereocenters. The van der Waals surface area contributed by atoms with Crippen molar-refractivity contribution in [1.82, 2.24) is 10.3 Å². The summed E-state index contributed by atoms with van der Waals surface area (Å²) < 4.78 is 5.88. The Labute approximate surface area is 108 Å². The fraction of sp³-hybridized carbons (Fsp3) is 0.615. The van der Waals surface area contributed by atoms with E-state index in [2.05, 4.69) is 17.2 Å². The van der Waals surface area contributed by atoms with Crippen molar-refractivity contribution in [3.63, 3.8) is 0 Å². The van der Waals surface area contributed by atoms with Crippen molar-refractivity contribution in [3.8, 4) is 0 Å². The van der Waals surface area contributed by atoms with Crippen molar-refractivity contribution in [2.24, 2.45) is 0 Å². The number of hydrogen-bond acceptors (Lipinski definition) is 3. The molecule has 94 valence electrons. The molecule has 0 aromatic carbocycles. The van der Waals surface area contributed by atoms with E-state index in [0.29, 0.717) is 0 Å². The molecule has 0 spiro atoms. The number of hydrogen-bond donors (Lipinski definition) is 1. The second-order valence-electron chi connectivity index (χ2n) is 4.78. The summed E-state index contributed by atoms with van der Waals surface area (Å²) in [7, 11) is 1.98. The quantitative estimate of drug-likeness (QED) is 0.896. The van der Waals surface area contributed by atoms with E-state index in [1.54, 1.807) is 12.4 Å². The minimum Gasteiger partial charge on any atom is -0.374 e. The smallest absolute Gasteiger partial charge is 0.0810 e. The molecule has 1 aliphatic heterocycles. The minimum absolute atomic E-state index is 0.0820. The van der Waals surface area contributed by atoms with E-state index in [-0.39, 0.29) is 11.6 Å². The molecule has 2 heterocycles. The van der Waals surface area contributed by atoms with Gasteiger partial charge in [0, 0.05) is 25.0 Å². The number of halogens is 1. The molecule has 0 saturated carbocycles. The van der Waals surface area contributed by atoms with E-state index in [1.807, 2.05) is 13.1 Å². The second kappa shape index (κ2) is 5.34. The number of nitrogens with one attached hydrogen (secondary N) is 1. The average Bonchev–Trinajstić information content (AvgIpc) is 2.76. The first-order valence-corrected chi connectivity index (χ1v) is 6.43. The summed E-state index contributed by atoms with van der Waals surface area (Å²) in [5.41, 5.74) is 1.04. The zero-order chi connectivity index (χ0) is 12.3. The maximum atomic E-state index is 6.15. The third kappa shape index (κ3) is 2.79. The van der Waals surface area contributed by atoms with Crippen molar-refractivity contribution in [2.45, 2.75) is 37.8 Å². The molecule has 1 N–H and O–H groups in total. The zero-order valence-corrected chi connectivity index (χ0v) is 11.1. The highest BCUT2D eigenvalue weighted by Crippen LogP contribution is 2.31. The van der Waals surface area contributed by atoms with Crippen LogP contribution in [0.1, 0.15) is 25.3 Å². The summed E-state index contributed by atoms with van der Waals surface area (Å²) >= 11 is 6.15. The highest BCUT2D eigenvalue weighted by molar-refractivity contribution is 6.31. The summed E-state index contributed by atoms with van der Waals surface area (Å²) in [6.45, 7) is 3.04. The predicted molar refractivity (Wildman–Crippen MR) is 69.4 cm³/mol. The Morgan fingerprint density at radius 1 is 1.65 bits per heavy atom. The van der Waals surface area contributed by atoms with Gasteiger partial charge in [-0.3, -0.25) is 4.98 Å². The van der Waals surface area contributed by atoms with Gasteiger partial charge in [0.05, 0.1) is 10.6 Å². The first kappa shape index (κ1) is 12.8. The fourth-order valence-corrected chi connectivity index (χ4v) is 2.68. The molecular formula is C13H19ClN2O. The van der Waals surface area contributed by atoms with Gasteiger partial charge in [-0.1, -0.05) is 11.6 Å². The summed E-state index contributed by atoms with van der Waals surface area (Å²) in [6.07, 6.45) is 6.58. The van der Waals surface area contributed by atoms with Gasteiger partial charge in [-0.2, -0.15) is 0 Å². The Morgan fingerprint density at radius 3 is 3.06 bits per heavy atom. The van der Waals surface area contributed by atoms with E-state index in [1.165, 1.54) is 0 Å². The third-order valence-corrected chi connectivity index (χ3v) is 3.96. The van der Waals surface area contributed by atoms with Crippen molar-refractivity contribution in [3.05, 3.63) is 29.0 Å². The molecular weight excluding hydrogens is 236 g/mol. The topological polar surface area (TPSA) is 34.2 Å². The van der Waals surface area contributed by atoms with Crippen molar-refractivity contribution >= 4 is 11.6 Å². The molecule has 0 aliphatic carbocycles. The van der Waals surface area contributed by atoms with Crippen molar-refractivity contribution in [2.75, 3.05) is 13.7 Å². The van der Waals surface area contributed by atoms with Gasteiger partial charge in [0.15, 0.2) is 0 Å². The molecule has 3 nitrogen and oxygen atoms in total. The SMILES string of the molecule is CNC(Cc1ccncc1Cl)C1(C)CCCO1. The van der Waals surface area contributed by atoms with E-state index in [9.17, 15) is 0 Å². The lowest BCUT2D eigenvalue weighted by molar-refractivity contribution is -0.00943. The summed E-state index contributed by atoms with van der Waals surface area (Å²) in [4.78, 5) is 4.01. The Morgan fingerprint density at radius 2 is 2.47 bits per heavy atom. The predicted octanol–water partition coefficient (Wildman–Crippen LogP) is 2.43. The van der Waals surface area contributed by atoms with Crippen molar-refractivity contribution < 1.29 is 4.74 Å². The van der Waals surface area contributed by atoms with Gasteiger partial charge in [0.2, 0.25) is 0 Å². The Hall–Kier alpha value is -0.640. The normalized spacial score (nSPS) is 26.1. The van der Waals surface area contributed by atoms with Crippen LogP contribution in [0.2, 0.25) is 5.02 Å². The van der Waals surface area contributed by atoms with Crippen LogP contribution in [0.25, 0.3) is 0 Å². The molecule has 1 aromatic heterocycles. The molecule has 1 fully saturated rings. The van der Waals surface area contributed by atoms with Crippen LogP contribution >= 0.6 is 11.6 Å². The largest absolute Gasteiger partial charge is 0.374 e. The molecule has 1 aliphatic rings. The molecule has 17 heavy (non-hydrogen) atoms. The highest BCUT2D eigenvalue weighted by atomic mass is 35.5. The molecule has 2 unspecified atom stereocenters. The van der Waals surface area contributed by atoms with Gasteiger partial charge in [-0.25, -0.2) is 0 Å². The molecule has 0 amide bonds. The van der Waals surface area contributed by atoms with Crippen LogP contribution in [-0.4, -0.2) is 30.3 Å². The number of likely N-dealkylation sites (N-methyl/N-ethyl adjacent to an activating group) is 1. The van der Waals surface area contributed by atoms with Gasteiger partial charge in [0.25, 0.3) is 0 Å². The summed E-state index contributed by atoms with van der Waals surface area (Å²) in [6, 6.07) is 2.26. The lowest BCUT2D eigenvalue weighted by Gasteiger charge is -2.33. The van der Waals surface area contributed by atoms with Crippen LogP contribution in [0.15, 0.2) is 18.5 Å². The Kier molecular flexibility index (Phi) is 4.02. The van der Waals surface area contributed by atoms with Crippen LogP contribution in [0.4, 0.5) is 0 Å². The monoisotopic (exact) mass is 254 g/mol. The van der Waals surface area contributed by atoms with Gasteiger partial charge >= 0.3 is 0 Å². The van der Waals surface area contributed by atoms with Gasteiger partial charge < -0.3 is 10.1 Å². The molecule has 0 bridgehead atoms. The van der Waals surface area contributed by atoms with Crippen LogP contribution in [0.3, 0.4) is 0 Å². The van der Waals surface area contributed by atoms with Gasteiger partial charge in [0.1, 0.15) is 0 Å². The highest BCUT2D eigenvalue weighted by Gasteiger charge is 2.37. The van der Waals surface area contributed by atoms with Crippen LogP contribution in [0.5, 0.6) is 0 Å². The zero-order valence-electron chi connectivity index (χ0n) is 10.4. The number of pyridine rings is 1. The third-order valence-electron chi connectivity index (χ3n) is 3.62. The van der Waals surface area contributed by atoms with Crippen LogP contribution < -0.4 is 5.32 Å².